The van der Waals surface area contributed by atoms with Gasteiger partial charge >= 0.3 is 6.03 Å². The summed E-state index contributed by atoms with van der Waals surface area (Å²) < 4.78 is 2.72. The van der Waals surface area contributed by atoms with Crippen molar-refractivity contribution in [1.29, 1.82) is 0 Å². The van der Waals surface area contributed by atoms with E-state index in [4.69, 9.17) is 0 Å². The highest BCUT2D eigenvalue weighted by Gasteiger charge is 2.41. The monoisotopic (exact) mass is 357 g/mol. The Kier molecular flexibility index (Phi) is 4.98. The molecule has 1 fully saturated rings. The number of hydrogen-bond donors (Lipinski definition) is 1. The highest BCUT2D eigenvalue weighted by Crippen LogP contribution is 2.48. The average Bonchev–Trinajstić information content (AvgIpc) is 3.23. The van der Waals surface area contributed by atoms with Crippen LogP contribution in [0.5, 0.6) is 0 Å². The van der Waals surface area contributed by atoms with E-state index in [1.54, 1.807) is 36.9 Å². The van der Waals surface area contributed by atoms with Gasteiger partial charge in [-0.3, -0.25) is 4.79 Å². The largest absolute Gasteiger partial charge is 0.342 e. The van der Waals surface area contributed by atoms with Crippen LogP contribution < -0.4 is 5.32 Å². The van der Waals surface area contributed by atoms with Gasteiger partial charge in [-0.2, -0.15) is 14.9 Å². The first-order valence-electron chi connectivity index (χ1n) is 9.10. The molecule has 2 heterocycles. The Hall–Kier alpha value is -2.44. The third-order valence-corrected chi connectivity index (χ3v) is 5.19. The number of amides is 1. The lowest BCUT2D eigenvalue weighted by atomic mass is 9.61. The summed E-state index contributed by atoms with van der Waals surface area (Å²) in [4.78, 5) is 24.6. The van der Waals surface area contributed by atoms with Gasteiger partial charge < -0.3 is 5.32 Å². The molecule has 140 valence electrons. The van der Waals surface area contributed by atoms with E-state index in [2.05, 4.69) is 36.3 Å². The van der Waals surface area contributed by atoms with E-state index >= 15 is 0 Å². The molecule has 7 heteroatoms. The second-order valence-corrected chi connectivity index (χ2v) is 8.50. The van der Waals surface area contributed by atoms with Gasteiger partial charge in [-0.15, -0.1) is 0 Å². The molecule has 1 N–H and O–H groups in total. The number of carbonyl (C=O) groups excluding carboxylic acids is 2. The Morgan fingerprint density at radius 2 is 1.73 bits per heavy atom. The maximum Gasteiger partial charge on any atom is 0.342 e. The van der Waals surface area contributed by atoms with Crippen LogP contribution in [0.1, 0.15) is 57.7 Å². The highest BCUT2D eigenvalue weighted by molar-refractivity contribution is 5.77. The number of nitrogens with zero attached hydrogens (tertiary/aromatic N) is 4. The van der Waals surface area contributed by atoms with E-state index in [1.165, 1.54) is 9.36 Å². The van der Waals surface area contributed by atoms with Crippen molar-refractivity contribution >= 4 is 11.9 Å². The fourth-order valence-corrected chi connectivity index (χ4v) is 4.50. The van der Waals surface area contributed by atoms with Crippen LogP contribution in [0.4, 0.5) is 4.79 Å². The van der Waals surface area contributed by atoms with Crippen LogP contribution in [0.25, 0.3) is 0 Å². The molecule has 0 aliphatic heterocycles. The lowest BCUT2D eigenvalue weighted by molar-refractivity contribution is 0.0586. The second kappa shape index (κ2) is 7.05. The van der Waals surface area contributed by atoms with Gasteiger partial charge in [0.05, 0.1) is 0 Å². The molecular weight excluding hydrogens is 330 g/mol. The quantitative estimate of drug-likeness (QED) is 0.910. The SMILES string of the molecule is CC1(C)CC(NC(=O)n2cccn2)CC(C)(CCC(=O)n2cccn2)C1. The van der Waals surface area contributed by atoms with Crippen molar-refractivity contribution in [2.24, 2.45) is 10.8 Å². The van der Waals surface area contributed by atoms with Gasteiger partial charge in [0.25, 0.3) is 0 Å². The first-order chi connectivity index (χ1) is 12.3. The molecule has 2 aromatic rings. The van der Waals surface area contributed by atoms with E-state index in [0.717, 1.165) is 25.7 Å². The molecule has 2 aromatic heterocycles. The minimum absolute atomic E-state index is 0.00732. The smallest absolute Gasteiger partial charge is 0.333 e. The van der Waals surface area contributed by atoms with Crippen molar-refractivity contribution in [3.05, 3.63) is 36.9 Å². The number of rotatable bonds is 4. The fourth-order valence-electron chi connectivity index (χ4n) is 4.50. The Morgan fingerprint density at radius 3 is 2.35 bits per heavy atom. The summed E-state index contributed by atoms with van der Waals surface area (Å²) in [7, 11) is 0. The summed E-state index contributed by atoms with van der Waals surface area (Å²) in [6.45, 7) is 6.68. The Morgan fingerprint density at radius 1 is 1.08 bits per heavy atom. The summed E-state index contributed by atoms with van der Waals surface area (Å²) in [5, 5.41) is 11.1. The molecule has 1 amide bonds. The molecule has 0 radical (unpaired) electrons. The summed E-state index contributed by atoms with van der Waals surface area (Å²) in [5.74, 6) is 0.0109. The molecule has 1 aliphatic rings. The molecule has 2 unspecified atom stereocenters. The number of carbonyl (C=O) groups is 2. The van der Waals surface area contributed by atoms with E-state index in [1.807, 2.05) is 0 Å². The number of nitrogens with one attached hydrogen (secondary N) is 1. The maximum absolute atomic E-state index is 12.3. The van der Waals surface area contributed by atoms with Crippen molar-refractivity contribution in [2.75, 3.05) is 0 Å². The molecule has 1 aliphatic carbocycles. The molecular formula is C19H27N5O2. The van der Waals surface area contributed by atoms with Crippen LogP contribution >= 0.6 is 0 Å². The second-order valence-electron chi connectivity index (χ2n) is 8.50. The fraction of sp³-hybridized carbons (Fsp3) is 0.579. The summed E-state index contributed by atoms with van der Waals surface area (Å²) in [6, 6.07) is 3.35. The molecule has 0 saturated heterocycles. The number of aromatic nitrogens is 4. The third-order valence-electron chi connectivity index (χ3n) is 5.19. The molecule has 2 atom stereocenters. The molecule has 0 spiro atoms. The first kappa shape index (κ1) is 18.4. The van der Waals surface area contributed by atoms with Gasteiger partial charge in [-0.05, 0) is 48.6 Å². The minimum Gasteiger partial charge on any atom is -0.333 e. The van der Waals surface area contributed by atoms with E-state index in [0.29, 0.717) is 6.42 Å². The van der Waals surface area contributed by atoms with Gasteiger partial charge in [-0.25, -0.2) is 9.48 Å². The molecule has 7 nitrogen and oxygen atoms in total. The minimum atomic E-state index is -0.201. The van der Waals surface area contributed by atoms with Crippen molar-refractivity contribution in [3.63, 3.8) is 0 Å². The van der Waals surface area contributed by atoms with Crippen molar-refractivity contribution in [2.45, 2.75) is 58.9 Å². The van der Waals surface area contributed by atoms with Gasteiger partial charge in [0.1, 0.15) is 0 Å². The summed E-state index contributed by atoms with van der Waals surface area (Å²) in [5.41, 5.74) is 0.0937. The van der Waals surface area contributed by atoms with E-state index in [-0.39, 0.29) is 28.8 Å². The molecule has 3 rings (SSSR count). The van der Waals surface area contributed by atoms with E-state index in [9.17, 15) is 9.59 Å². The van der Waals surface area contributed by atoms with Crippen LogP contribution in [-0.2, 0) is 0 Å². The van der Waals surface area contributed by atoms with E-state index < -0.39 is 0 Å². The molecule has 26 heavy (non-hydrogen) atoms. The highest BCUT2D eigenvalue weighted by atomic mass is 16.2. The summed E-state index contributed by atoms with van der Waals surface area (Å²) >= 11 is 0. The van der Waals surface area contributed by atoms with Crippen LogP contribution in [0.3, 0.4) is 0 Å². The molecule has 0 aromatic carbocycles. The third kappa shape index (κ3) is 4.39. The van der Waals surface area contributed by atoms with Gasteiger partial charge in [0.15, 0.2) is 0 Å². The predicted octanol–water partition coefficient (Wildman–Crippen LogP) is 3.34. The Balaban J connectivity index is 1.64. The standard InChI is InChI=1S/C19H27N5O2/c1-18(2)12-15(22-17(26)24-11-5-9-21-24)13-19(3,14-18)7-6-16(25)23-10-4-8-20-23/h4-5,8-11,15H,6-7,12-14H2,1-3H3,(H,22,26). The topological polar surface area (TPSA) is 81.8 Å². The van der Waals surface area contributed by atoms with Crippen molar-refractivity contribution in [3.8, 4) is 0 Å². The zero-order valence-corrected chi connectivity index (χ0v) is 15.7. The molecule has 1 saturated carbocycles. The lowest BCUT2D eigenvalue weighted by Crippen LogP contribution is -2.48. The van der Waals surface area contributed by atoms with Crippen LogP contribution in [-0.4, -0.2) is 37.5 Å². The van der Waals surface area contributed by atoms with Gasteiger partial charge in [-0.1, -0.05) is 20.8 Å². The lowest BCUT2D eigenvalue weighted by Gasteiger charge is -2.47. The number of hydrogen-bond acceptors (Lipinski definition) is 4. The maximum atomic E-state index is 12.3. The van der Waals surface area contributed by atoms with Crippen LogP contribution in [0.2, 0.25) is 0 Å². The van der Waals surface area contributed by atoms with Crippen LogP contribution in [0.15, 0.2) is 36.9 Å². The Bertz CT molecular complexity index is 751. The van der Waals surface area contributed by atoms with Gasteiger partial charge in [0.2, 0.25) is 5.91 Å². The zero-order valence-electron chi connectivity index (χ0n) is 15.7. The molecule has 0 bridgehead atoms. The normalized spacial score (nSPS) is 25.0. The first-order valence-corrected chi connectivity index (χ1v) is 9.10. The Labute approximate surface area is 153 Å². The summed E-state index contributed by atoms with van der Waals surface area (Å²) in [6.07, 6.45) is 10.6. The predicted molar refractivity (Wildman–Crippen MR) is 97.8 cm³/mol. The van der Waals surface area contributed by atoms with Gasteiger partial charge in [0, 0.05) is 37.3 Å². The van der Waals surface area contributed by atoms with Crippen LogP contribution in [0, 0.1) is 10.8 Å². The van der Waals surface area contributed by atoms with Crippen molar-refractivity contribution < 1.29 is 9.59 Å². The zero-order chi connectivity index (χ0) is 18.8. The van der Waals surface area contributed by atoms with Crippen molar-refractivity contribution in [1.82, 2.24) is 24.9 Å². The average molecular weight is 357 g/mol.